The molecule has 0 aliphatic heterocycles. The van der Waals surface area contributed by atoms with Crippen molar-refractivity contribution in [1.82, 2.24) is 19.7 Å². The van der Waals surface area contributed by atoms with Gasteiger partial charge in [-0.15, -0.1) is 0 Å². The molecule has 5 rings (SSSR count). The number of nitrogens with two attached hydrogens (primary N) is 1. The number of aryl methyl sites for hydroxylation is 1. The maximum Gasteiger partial charge on any atom is 0.160 e. The van der Waals surface area contributed by atoms with E-state index in [0.29, 0.717) is 5.82 Å². The smallest absolute Gasteiger partial charge is 0.160 e. The van der Waals surface area contributed by atoms with Crippen LogP contribution in [0.15, 0.2) is 65.6 Å². The molecule has 0 unspecified atom stereocenters. The first-order chi connectivity index (χ1) is 16.4. The number of rotatable bonds is 7. The van der Waals surface area contributed by atoms with E-state index in [1.54, 1.807) is 16.6 Å². The van der Waals surface area contributed by atoms with Gasteiger partial charge in [-0.3, -0.25) is 0 Å². The molecule has 2 heterocycles. The first-order valence-corrected chi connectivity index (χ1v) is 12.6. The number of likely N-dealkylation sites (N-methyl/N-ethyl adjacent to an activating group) is 1. The number of pyridine rings is 1. The summed E-state index contributed by atoms with van der Waals surface area (Å²) in [6, 6.07) is 21.0. The fourth-order valence-electron chi connectivity index (χ4n) is 4.35. The third-order valence-electron chi connectivity index (χ3n) is 6.06. The topological polar surface area (TPSA) is 72.0 Å². The van der Waals surface area contributed by atoms with Gasteiger partial charge in [-0.2, -0.15) is 5.10 Å². The standard InChI is InChI=1S/C25H28N6S.C2H6/c1-30(2)16-25(13-14-25)21-15-20(22-23(26)28-31(3)24(22)27-21)17-9-11-18(12-10-17)29-32-19-7-5-4-6-8-19;1-2/h4-12,15,29H,13-14,16H2,1-3H3,(H2,26,28);1-2H3. The molecule has 1 fully saturated rings. The average Bonchev–Trinajstić information content (AvgIpc) is 3.57. The van der Waals surface area contributed by atoms with E-state index in [4.69, 9.17) is 10.7 Å². The summed E-state index contributed by atoms with van der Waals surface area (Å²) in [6.45, 7) is 5.00. The Kier molecular flexibility index (Phi) is 7.14. The zero-order valence-corrected chi connectivity index (χ0v) is 21.5. The Balaban J connectivity index is 0.00000133. The molecular formula is C27H34N6S. The minimum absolute atomic E-state index is 0.124. The van der Waals surface area contributed by atoms with Gasteiger partial charge in [0, 0.05) is 29.6 Å². The number of nitrogens with zero attached hydrogens (tertiary/aromatic N) is 4. The zero-order valence-electron chi connectivity index (χ0n) is 20.7. The van der Waals surface area contributed by atoms with E-state index in [1.165, 1.54) is 4.90 Å². The van der Waals surface area contributed by atoms with Gasteiger partial charge in [0.05, 0.1) is 11.1 Å². The van der Waals surface area contributed by atoms with E-state index in [2.05, 4.69) is 71.3 Å². The zero-order chi connectivity index (χ0) is 24.3. The lowest BCUT2D eigenvalue weighted by atomic mass is 9.95. The molecule has 34 heavy (non-hydrogen) atoms. The minimum atomic E-state index is 0.124. The van der Waals surface area contributed by atoms with Crippen molar-refractivity contribution in [3.8, 4) is 11.1 Å². The molecule has 7 heteroatoms. The van der Waals surface area contributed by atoms with Gasteiger partial charge in [-0.05, 0) is 80.3 Å². The third kappa shape index (κ3) is 4.91. The quantitative estimate of drug-likeness (QED) is 0.322. The molecular weight excluding hydrogens is 440 g/mol. The molecule has 0 saturated heterocycles. The largest absolute Gasteiger partial charge is 0.382 e. The van der Waals surface area contributed by atoms with Crippen LogP contribution >= 0.6 is 11.9 Å². The van der Waals surface area contributed by atoms with Crippen LogP contribution in [0.3, 0.4) is 0 Å². The Hall–Kier alpha value is -3.03. The molecule has 2 aromatic heterocycles. The maximum atomic E-state index is 6.32. The number of nitrogen functional groups attached to an aromatic ring is 1. The molecule has 1 aliphatic rings. The highest BCUT2D eigenvalue weighted by atomic mass is 32.2. The van der Waals surface area contributed by atoms with Gasteiger partial charge in [0.25, 0.3) is 0 Å². The summed E-state index contributed by atoms with van der Waals surface area (Å²) in [5.74, 6) is 0.524. The predicted molar refractivity (Wildman–Crippen MR) is 145 cm³/mol. The Labute approximate surface area is 206 Å². The van der Waals surface area contributed by atoms with Crippen molar-refractivity contribution in [2.24, 2.45) is 7.05 Å². The fraction of sp³-hybridized carbons (Fsp3) is 0.333. The van der Waals surface area contributed by atoms with Crippen molar-refractivity contribution in [1.29, 1.82) is 0 Å². The van der Waals surface area contributed by atoms with Crippen LogP contribution in [0, 0.1) is 0 Å². The number of hydrogen-bond acceptors (Lipinski definition) is 6. The lowest BCUT2D eigenvalue weighted by molar-refractivity contribution is 0.359. The number of nitrogens with one attached hydrogen (secondary N) is 1. The summed E-state index contributed by atoms with van der Waals surface area (Å²) in [7, 11) is 6.17. The minimum Gasteiger partial charge on any atom is -0.382 e. The molecule has 0 atom stereocenters. The summed E-state index contributed by atoms with van der Waals surface area (Å²) in [6.07, 6.45) is 2.33. The van der Waals surface area contributed by atoms with Crippen LogP contribution in [-0.2, 0) is 12.5 Å². The summed E-state index contributed by atoms with van der Waals surface area (Å²) in [5.41, 5.74) is 11.7. The van der Waals surface area contributed by atoms with Crippen LogP contribution < -0.4 is 10.5 Å². The highest BCUT2D eigenvalue weighted by Crippen LogP contribution is 2.49. The number of hydrogen-bond donors (Lipinski definition) is 2. The van der Waals surface area contributed by atoms with Crippen molar-refractivity contribution in [3.05, 3.63) is 66.4 Å². The molecule has 0 radical (unpaired) electrons. The Morgan fingerprint density at radius 3 is 2.35 bits per heavy atom. The Morgan fingerprint density at radius 1 is 1.06 bits per heavy atom. The number of fused-ring (bicyclic) bond motifs is 1. The van der Waals surface area contributed by atoms with Gasteiger partial charge < -0.3 is 15.4 Å². The van der Waals surface area contributed by atoms with Crippen LogP contribution in [0.2, 0.25) is 0 Å². The van der Waals surface area contributed by atoms with Crippen molar-refractivity contribution < 1.29 is 0 Å². The Bertz CT molecular complexity index is 1240. The van der Waals surface area contributed by atoms with E-state index in [0.717, 1.165) is 52.9 Å². The summed E-state index contributed by atoms with van der Waals surface area (Å²) >= 11 is 1.61. The molecule has 2 aromatic carbocycles. The van der Waals surface area contributed by atoms with Crippen molar-refractivity contribution >= 4 is 34.5 Å². The monoisotopic (exact) mass is 474 g/mol. The fourth-order valence-corrected chi connectivity index (χ4v) is 5.02. The summed E-state index contributed by atoms with van der Waals surface area (Å²) < 4.78 is 5.22. The second kappa shape index (κ2) is 10.1. The SMILES string of the molecule is CC.CN(C)CC1(c2cc(-c3ccc(NSc4ccccc4)cc3)c3c(N)nn(C)c3n2)CC1. The van der Waals surface area contributed by atoms with Crippen LogP contribution in [-0.4, -0.2) is 40.3 Å². The highest BCUT2D eigenvalue weighted by molar-refractivity contribution is 8.00. The molecule has 0 spiro atoms. The number of benzene rings is 2. The van der Waals surface area contributed by atoms with Crippen LogP contribution in [0.1, 0.15) is 32.4 Å². The van der Waals surface area contributed by atoms with Crippen LogP contribution in [0.5, 0.6) is 0 Å². The van der Waals surface area contributed by atoms with E-state index >= 15 is 0 Å². The third-order valence-corrected chi connectivity index (χ3v) is 6.91. The van der Waals surface area contributed by atoms with Gasteiger partial charge >= 0.3 is 0 Å². The molecule has 3 N–H and O–H groups in total. The molecule has 6 nitrogen and oxygen atoms in total. The normalized spacial score (nSPS) is 14.1. The van der Waals surface area contributed by atoms with Gasteiger partial charge in [0.15, 0.2) is 11.5 Å². The van der Waals surface area contributed by atoms with Crippen LogP contribution in [0.25, 0.3) is 22.2 Å². The first kappa shape index (κ1) is 24.1. The van der Waals surface area contributed by atoms with E-state index < -0.39 is 0 Å². The number of aromatic nitrogens is 3. The molecule has 178 valence electrons. The number of anilines is 2. The van der Waals surface area contributed by atoms with Gasteiger partial charge in [0.2, 0.25) is 0 Å². The Morgan fingerprint density at radius 2 is 1.74 bits per heavy atom. The van der Waals surface area contributed by atoms with E-state index in [1.807, 2.05) is 39.1 Å². The average molecular weight is 475 g/mol. The van der Waals surface area contributed by atoms with E-state index in [9.17, 15) is 0 Å². The molecule has 1 saturated carbocycles. The lowest BCUT2D eigenvalue weighted by Gasteiger charge is -2.21. The molecule has 0 bridgehead atoms. The van der Waals surface area contributed by atoms with E-state index in [-0.39, 0.29) is 5.41 Å². The second-order valence-corrected chi connectivity index (χ2v) is 9.75. The predicted octanol–water partition coefficient (Wildman–Crippen LogP) is 5.96. The van der Waals surface area contributed by atoms with Crippen molar-refractivity contribution in [2.45, 2.75) is 37.0 Å². The van der Waals surface area contributed by atoms with Gasteiger partial charge in [0.1, 0.15) is 0 Å². The maximum absolute atomic E-state index is 6.32. The summed E-state index contributed by atoms with van der Waals surface area (Å²) in [4.78, 5) is 8.46. The molecule has 4 aromatic rings. The van der Waals surface area contributed by atoms with Gasteiger partial charge in [-0.25, -0.2) is 9.67 Å². The highest BCUT2D eigenvalue weighted by Gasteiger charge is 2.46. The lowest BCUT2D eigenvalue weighted by Crippen LogP contribution is -2.26. The summed E-state index contributed by atoms with van der Waals surface area (Å²) in [5, 5.41) is 5.39. The van der Waals surface area contributed by atoms with Crippen LogP contribution in [0.4, 0.5) is 11.5 Å². The molecule has 1 aliphatic carbocycles. The van der Waals surface area contributed by atoms with Gasteiger partial charge in [-0.1, -0.05) is 44.2 Å². The first-order valence-electron chi connectivity index (χ1n) is 11.8. The van der Waals surface area contributed by atoms with Crippen molar-refractivity contribution in [2.75, 3.05) is 31.1 Å². The van der Waals surface area contributed by atoms with Crippen molar-refractivity contribution in [3.63, 3.8) is 0 Å². The molecule has 0 amide bonds. The second-order valence-electron chi connectivity index (χ2n) is 8.88.